The lowest BCUT2D eigenvalue weighted by Gasteiger charge is -2.39. The first-order valence-corrected chi connectivity index (χ1v) is 10.9. The van der Waals surface area contributed by atoms with Crippen molar-refractivity contribution in [2.24, 2.45) is 5.92 Å². The Morgan fingerprint density at radius 1 is 1.16 bits per heavy atom. The number of ether oxygens (including phenoxy) is 2. The van der Waals surface area contributed by atoms with E-state index in [1.165, 1.54) is 43.8 Å². The number of benzene rings is 1. The Bertz CT molecular complexity index is 1150. The van der Waals surface area contributed by atoms with Gasteiger partial charge in [-0.3, -0.25) is 9.59 Å². The molecule has 1 aromatic heterocycles. The van der Waals surface area contributed by atoms with Gasteiger partial charge in [0.05, 0.1) is 19.8 Å². The van der Waals surface area contributed by atoms with Crippen LogP contribution in [0, 0.1) is 11.7 Å². The van der Waals surface area contributed by atoms with E-state index in [1.807, 2.05) is 17.5 Å². The van der Waals surface area contributed by atoms with Crippen molar-refractivity contribution >= 4 is 29.1 Å². The second-order valence-corrected chi connectivity index (χ2v) is 8.71. The lowest BCUT2D eigenvalue weighted by atomic mass is 9.68. The number of dihydropyridines is 1. The molecule has 2 aromatic rings. The van der Waals surface area contributed by atoms with Crippen LogP contribution in [-0.4, -0.2) is 31.9 Å². The number of carbonyl (C=O) groups excluding carboxylic acids is 3. The van der Waals surface area contributed by atoms with E-state index < -0.39 is 41.3 Å². The fraction of sp³-hybridized carbons (Fsp3) is 0.292. The summed E-state index contributed by atoms with van der Waals surface area (Å²) in [7, 11) is 2.50. The van der Waals surface area contributed by atoms with E-state index in [2.05, 4.69) is 5.32 Å². The summed E-state index contributed by atoms with van der Waals surface area (Å²) in [6.07, 6.45) is 0.374. The molecule has 0 saturated carbocycles. The average Bonchev–Trinajstić information content (AvgIpc) is 3.32. The molecule has 1 aliphatic heterocycles. The van der Waals surface area contributed by atoms with Crippen LogP contribution in [0.4, 0.5) is 4.39 Å². The number of rotatable bonds is 4. The van der Waals surface area contributed by atoms with Crippen LogP contribution in [0.5, 0.6) is 0 Å². The quantitative estimate of drug-likeness (QED) is 0.558. The summed E-state index contributed by atoms with van der Waals surface area (Å²) in [6.45, 7) is 1.72. The zero-order valence-electron chi connectivity index (χ0n) is 17.8. The third-order valence-electron chi connectivity index (χ3n) is 5.97. The SMILES string of the molecule is COC(=O)C1=C(C)NC2=C(C(=O)C(C(=O)OC)C(c3cccs3)C2)C1c1cccc(F)c1. The molecule has 166 valence electrons. The van der Waals surface area contributed by atoms with E-state index in [0.29, 0.717) is 23.4 Å². The van der Waals surface area contributed by atoms with Crippen LogP contribution in [-0.2, 0) is 23.9 Å². The van der Waals surface area contributed by atoms with Gasteiger partial charge in [-0.25, -0.2) is 9.18 Å². The summed E-state index contributed by atoms with van der Waals surface area (Å²) in [6, 6.07) is 9.53. The van der Waals surface area contributed by atoms with Crippen molar-refractivity contribution < 1.29 is 28.2 Å². The summed E-state index contributed by atoms with van der Waals surface area (Å²) in [5, 5.41) is 5.09. The number of carbonyl (C=O) groups is 3. The van der Waals surface area contributed by atoms with E-state index in [9.17, 15) is 18.8 Å². The molecule has 3 unspecified atom stereocenters. The molecule has 1 aromatic carbocycles. The summed E-state index contributed by atoms with van der Waals surface area (Å²) in [5.41, 5.74) is 2.06. The lowest BCUT2D eigenvalue weighted by Crippen LogP contribution is -2.43. The highest BCUT2D eigenvalue weighted by molar-refractivity contribution is 7.10. The van der Waals surface area contributed by atoms with Crippen LogP contribution in [0.15, 0.2) is 64.3 Å². The highest BCUT2D eigenvalue weighted by atomic mass is 32.1. The number of esters is 2. The van der Waals surface area contributed by atoms with Gasteiger partial charge in [-0.1, -0.05) is 18.2 Å². The van der Waals surface area contributed by atoms with Gasteiger partial charge in [-0.15, -0.1) is 11.3 Å². The number of hydrogen-bond acceptors (Lipinski definition) is 7. The highest BCUT2D eigenvalue weighted by Gasteiger charge is 2.49. The van der Waals surface area contributed by atoms with Gasteiger partial charge in [-0.05, 0) is 42.5 Å². The van der Waals surface area contributed by atoms with Crippen molar-refractivity contribution in [3.05, 3.63) is 80.6 Å². The number of hydrogen-bond donors (Lipinski definition) is 1. The van der Waals surface area contributed by atoms with Crippen LogP contribution in [0.3, 0.4) is 0 Å². The van der Waals surface area contributed by atoms with E-state index >= 15 is 0 Å². The number of nitrogens with one attached hydrogen (secondary N) is 1. The molecule has 0 spiro atoms. The third-order valence-corrected chi connectivity index (χ3v) is 6.97. The minimum atomic E-state index is -1.06. The fourth-order valence-electron chi connectivity index (χ4n) is 4.60. The van der Waals surface area contributed by atoms with Gasteiger partial charge >= 0.3 is 11.9 Å². The monoisotopic (exact) mass is 455 g/mol. The molecule has 8 heteroatoms. The molecule has 0 fully saturated rings. The first-order valence-electron chi connectivity index (χ1n) is 10.1. The predicted molar refractivity (Wildman–Crippen MR) is 116 cm³/mol. The average molecular weight is 456 g/mol. The maximum Gasteiger partial charge on any atom is 0.336 e. The molecule has 1 aliphatic carbocycles. The number of ketones is 1. The molecule has 2 aliphatic rings. The van der Waals surface area contributed by atoms with Crippen molar-refractivity contribution in [2.75, 3.05) is 14.2 Å². The van der Waals surface area contributed by atoms with Gasteiger partial charge in [0.25, 0.3) is 0 Å². The van der Waals surface area contributed by atoms with Gasteiger partial charge in [0.2, 0.25) is 0 Å². The summed E-state index contributed by atoms with van der Waals surface area (Å²) >= 11 is 1.47. The largest absolute Gasteiger partial charge is 0.468 e. The smallest absolute Gasteiger partial charge is 0.336 e. The fourth-order valence-corrected chi connectivity index (χ4v) is 5.47. The molecule has 0 saturated heterocycles. The molecular weight excluding hydrogens is 433 g/mol. The van der Waals surface area contributed by atoms with E-state index in [4.69, 9.17) is 9.47 Å². The topological polar surface area (TPSA) is 81.7 Å². The Kier molecular flexibility index (Phi) is 5.97. The number of thiophene rings is 1. The Hall–Kier alpha value is -3.26. The van der Waals surface area contributed by atoms with Gasteiger partial charge in [0, 0.05) is 33.7 Å². The number of halogens is 1. The minimum Gasteiger partial charge on any atom is -0.468 e. The first-order chi connectivity index (χ1) is 15.4. The molecule has 32 heavy (non-hydrogen) atoms. The van der Waals surface area contributed by atoms with Gasteiger partial charge < -0.3 is 14.8 Å². The Morgan fingerprint density at radius 3 is 2.56 bits per heavy atom. The normalized spacial score (nSPS) is 22.9. The predicted octanol–water partition coefficient (Wildman–Crippen LogP) is 3.82. The first kappa shape index (κ1) is 22.0. The van der Waals surface area contributed by atoms with Crippen LogP contribution < -0.4 is 5.32 Å². The summed E-state index contributed by atoms with van der Waals surface area (Å²) < 4.78 is 24.1. The van der Waals surface area contributed by atoms with Crippen molar-refractivity contribution in [3.63, 3.8) is 0 Å². The van der Waals surface area contributed by atoms with Crippen LogP contribution >= 0.6 is 11.3 Å². The maximum absolute atomic E-state index is 14.1. The van der Waals surface area contributed by atoms with Crippen LogP contribution in [0.2, 0.25) is 0 Å². The third kappa shape index (κ3) is 3.64. The molecule has 2 heterocycles. The summed E-state index contributed by atoms with van der Waals surface area (Å²) in [5.74, 6) is -4.52. The zero-order chi connectivity index (χ0) is 23.0. The number of Topliss-reactive ketones (excluding diaryl/α,β-unsaturated/α-hetero) is 1. The van der Waals surface area contributed by atoms with Crippen molar-refractivity contribution in [3.8, 4) is 0 Å². The van der Waals surface area contributed by atoms with Crippen molar-refractivity contribution in [2.45, 2.75) is 25.2 Å². The summed E-state index contributed by atoms with van der Waals surface area (Å²) in [4.78, 5) is 40.2. The zero-order valence-corrected chi connectivity index (χ0v) is 18.6. The highest BCUT2D eigenvalue weighted by Crippen LogP contribution is 2.48. The molecule has 0 radical (unpaired) electrons. The molecule has 0 amide bonds. The van der Waals surface area contributed by atoms with Crippen LogP contribution in [0.1, 0.15) is 35.6 Å². The minimum absolute atomic E-state index is 0.211. The Balaban J connectivity index is 1.92. The number of methoxy groups -OCH3 is 2. The Labute approximate surface area is 188 Å². The molecule has 1 N–H and O–H groups in total. The molecule has 4 rings (SSSR count). The molecular formula is C24H22FNO5S. The van der Waals surface area contributed by atoms with Crippen molar-refractivity contribution in [1.29, 1.82) is 0 Å². The molecule has 6 nitrogen and oxygen atoms in total. The van der Waals surface area contributed by atoms with Gasteiger partial charge in [0.1, 0.15) is 11.7 Å². The molecule has 0 bridgehead atoms. The molecule has 3 atom stereocenters. The van der Waals surface area contributed by atoms with E-state index in [-0.39, 0.29) is 11.1 Å². The standard InChI is InChI=1S/C24H22FNO5S/c1-12-18(23(28)30-2)19(13-6-4-7-14(25)10-13)21-16(26-12)11-15(17-8-5-9-32-17)20(22(21)27)24(29)31-3/h4-10,15,19-20,26H,11H2,1-3H3. The Morgan fingerprint density at radius 2 is 1.94 bits per heavy atom. The lowest BCUT2D eigenvalue weighted by molar-refractivity contribution is -0.149. The maximum atomic E-state index is 14.1. The second kappa shape index (κ2) is 8.70. The van der Waals surface area contributed by atoms with E-state index in [1.54, 1.807) is 13.0 Å². The van der Waals surface area contributed by atoms with Gasteiger partial charge in [0.15, 0.2) is 5.78 Å². The van der Waals surface area contributed by atoms with Crippen molar-refractivity contribution in [1.82, 2.24) is 5.32 Å². The van der Waals surface area contributed by atoms with E-state index in [0.717, 1.165) is 4.88 Å². The van der Waals surface area contributed by atoms with Gasteiger partial charge in [-0.2, -0.15) is 0 Å². The number of allylic oxidation sites excluding steroid dienone is 3. The second-order valence-electron chi connectivity index (χ2n) is 7.73. The van der Waals surface area contributed by atoms with Crippen LogP contribution in [0.25, 0.3) is 0 Å².